The van der Waals surface area contributed by atoms with Gasteiger partial charge in [-0.1, -0.05) is 78.1 Å². The summed E-state index contributed by atoms with van der Waals surface area (Å²) in [5.41, 5.74) is 0. The van der Waals surface area contributed by atoms with Crippen molar-refractivity contribution in [1.29, 1.82) is 0 Å². The molecule has 0 amide bonds. The topological polar surface area (TPSA) is 40.5 Å². The highest BCUT2D eigenvalue weighted by Crippen LogP contribution is 2.14. The molecule has 0 aromatic rings. The standard InChI is InChI=1S/C17H36O2/c1-16(2)12-10-8-6-4-3-5-7-9-11-13-17(19)14-15-18/h16-19H,3-15H2,1-2H3. The first kappa shape index (κ1) is 18.9. The number of unbranched alkanes of at least 4 members (excludes halogenated alkanes) is 8. The zero-order chi connectivity index (χ0) is 14.3. The molecule has 0 aliphatic rings. The van der Waals surface area contributed by atoms with Gasteiger partial charge in [-0.2, -0.15) is 0 Å². The largest absolute Gasteiger partial charge is 0.396 e. The first-order valence-corrected chi connectivity index (χ1v) is 8.45. The molecule has 0 saturated carbocycles. The molecule has 0 aromatic heterocycles. The van der Waals surface area contributed by atoms with Crippen LogP contribution in [0.1, 0.15) is 90.9 Å². The van der Waals surface area contributed by atoms with Crippen LogP contribution in [0.5, 0.6) is 0 Å². The van der Waals surface area contributed by atoms with E-state index in [0.29, 0.717) is 6.42 Å². The van der Waals surface area contributed by atoms with E-state index >= 15 is 0 Å². The fourth-order valence-electron chi connectivity index (χ4n) is 2.46. The molecule has 0 aliphatic carbocycles. The maximum Gasteiger partial charge on any atom is 0.0562 e. The highest BCUT2D eigenvalue weighted by atomic mass is 16.3. The van der Waals surface area contributed by atoms with Gasteiger partial charge >= 0.3 is 0 Å². The van der Waals surface area contributed by atoms with Gasteiger partial charge in [0.05, 0.1) is 6.10 Å². The van der Waals surface area contributed by atoms with Crippen molar-refractivity contribution in [2.24, 2.45) is 5.92 Å². The second-order valence-electron chi connectivity index (χ2n) is 6.32. The van der Waals surface area contributed by atoms with Crippen molar-refractivity contribution in [2.45, 2.75) is 97.0 Å². The molecule has 0 saturated heterocycles. The SMILES string of the molecule is CC(C)CCCCCCCCCCCC(O)CCO. The van der Waals surface area contributed by atoms with Crippen molar-refractivity contribution >= 4 is 0 Å². The molecule has 0 fully saturated rings. The number of aliphatic hydroxyl groups excluding tert-OH is 2. The van der Waals surface area contributed by atoms with Crippen LogP contribution >= 0.6 is 0 Å². The van der Waals surface area contributed by atoms with E-state index in [0.717, 1.165) is 18.8 Å². The van der Waals surface area contributed by atoms with Gasteiger partial charge in [-0.25, -0.2) is 0 Å². The molecular formula is C17H36O2. The van der Waals surface area contributed by atoms with Crippen LogP contribution in [0.15, 0.2) is 0 Å². The van der Waals surface area contributed by atoms with Crippen molar-refractivity contribution in [3.05, 3.63) is 0 Å². The quantitative estimate of drug-likeness (QED) is 0.451. The molecule has 0 radical (unpaired) electrons. The van der Waals surface area contributed by atoms with Gasteiger partial charge in [-0.15, -0.1) is 0 Å². The Bertz CT molecular complexity index is 169. The van der Waals surface area contributed by atoms with Gasteiger partial charge < -0.3 is 10.2 Å². The summed E-state index contributed by atoms with van der Waals surface area (Å²) in [6.07, 6.45) is 14.5. The maximum atomic E-state index is 9.45. The third kappa shape index (κ3) is 15.9. The van der Waals surface area contributed by atoms with E-state index in [4.69, 9.17) is 5.11 Å². The molecular weight excluding hydrogens is 236 g/mol. The van der Waals surface area contributed by atoms with Gasteiger partial charge in [0.25, 0.3) is 0 Å². The van der Waals surface area contributed by atoms with Gasteiger partial charge in [0.15, 0.2) is 0 Å². The average Bonchev–Trinajstić information content (AvgIpc) is 2.36. The Morgan fingerprint density at radius 1 is 0.632 bits per heavy atom. The Hall–Kier alpha value is -0.0800. The zero-order valence-electron chi connectivity index (χ0n) is 13.2. The summed E-state index contributed by atoms with van der Waals surface area (Å²) < 4.78 is 0. The van der Waals surface area contributed by atoms with Crippen LogP contribution in [0.2, 0.25) is 0 Å². The minimum atomic E-state index is -0.286. The number of rotatable bonds is 14. The van der Waals surface area contributed by atoms with Crippen molar-refractivity contribution in [3.8, 4) is 0 Å². The van der Waals surface area contributed by atoms with Crippen LogP contribution in [-0.2, 0) is 0 Å². The molecule has 116 valence electrons. The van der Waals surface area contributed by atoms with Crippen molar-refractivity contribution in [3.63, 3.8) is 0 Å². The molecule has 19 heavy (non-hydrogen) atoms. The predicted octanol–water partition coefficient (Wildman–Crippen LogP) is 4.68. The Morgan fingerprint density at radius 3 is 1.47 bits per heavy atom. The van der Waals surface area contributed by atoms with Gasteiger partial charge in [0, 0.05) is 6.61 Å². The minimum absolute atomic E-state index is 0.109. The highest BCUT2D eigenvalue weighted by Gasteiger charge is 2.02. The van der Waals surface area contributed by atoms with Crippen molar-refractivity contribution < 1.29 is 10.2 Å². The Kier molecular flexibility index (Phi) is 14.3. The Morgan fingerprint density at radius 2 is 1.05 bits per heavy atom. The fourth-order valence-corrected chi connectivity index (χ4v) is 2.46. The first-order valence-electron chi connectivity index (χ1n) is 8.45. The summed E-state index contributed by atoms with van der Waals surface area (Å²) in [7, 11) is 0. The lowest BCUT2D eigenvalue weighted by Crippen LogP contribution is -2.08. The zero-order valence-corrected chi connectivity index (χ0v) is 13.2. The fraction of sp³-hybridized carbons (Fsp3) is 1.00. The second-order valence-corrected chi connectivity index (χ2v) is 6.32. The lowest BCUT2D eigenvalue weighted by Gasteiger charge is -2.08. The smallest absolute Gasteiger partial charge is 0.0562 e. The van der Waals surface area contributed by atoms with Crippen molar-refractivity contribution in [1.82, 2.24) is 0 Å². The molecule has 1 unspecified atom stereocenters. The van der Waals surface area contributed by atoms with Crippen LogP contribution in [0.25, 0.3) is 0 Å². The Labute approximate surface area is 120 Å². The molecule has 2 N–H and O–H groups in total. The van der Waals surface area contributed by atoms with Crippen LogP contribution in [0, 0.1) is 5.92 Å². The molecule has 0 spiro atoms. The van der Waals surface area contributed by atoms with Gasteiger partial charge in [-0.3, -0.25) is 0 Å². The molecule has 2 nitrogen and oxygen atoms in total. The summed E-state index contributed by atoms with van der Waals surface area (Å²) in [6.45, 7) is 4.72. The lowest BCUT2D eigenvalue weighted by atomic mass is 10.0. The van der Waals surface area contributed by atoms with Crippen molar-refractivity contribution in [2.75, 3.05) is 6.61 Å². The maximum absolute atomic E-state index is 9.45. The monoisotopic (exact) mass is 272 g/mol. The van der Waals surface area contributed by atoms with E-state index in [1.54, 1.807) is 0 Å². The van der Waals surface area contributed by atoms with E-state index < -0.39 is 0 Å². The van der Waals surface area contributed by atoms with E-state index in [9.17, 15) is 5.11 Å². The molecule has 0 aromatic carbocycles. The van der Waals surface area contributed by atoms with Gasteiger partial charge in [-0.05, 0) is 18.8 Å². The van der Waals surface area contributed by atoms with Gasteiger partial charge in [0.1, 0.15) is 0 Å². The summed E-state index contributed by atoms with van der Waals surface area (Å²) in [6, 6.07) is 0. The summed E-state index contributed by atoms with van der Waals surface area (Å²) >= 11 is 0. The van der Waals surface area contributed by atoms with E-state index in [2.05, 4.69) is 13.8 Å². The van der Waals surface area contributed by atoms with Crippen LogP contribution in [0.3, 0.4) is 0 Å². The summed E-state index contributed by atoms with van der Waals surface area (Å²) in [4.78, 5) is 0. The van der Waals surface area contributed by atoms with E-state index in [1.165, 1.54) is 57.8 Å². The average molecular weight is 272 g/mol. The van der Waals surface area contributed by atoms with E-state index in [-0.39, 0.29) is 12.7 Å². The van der Waals surface area contributed by atoms with E-state index in [1.807, 2.05) is 0 Å². The number of hydrogen-bond acceptors (Lipinski definition) is 2. The van der Waals surface area contributed by atoms with Gasteiger partial charge in [0.2, 0.25) is 0 Å². The minimum Gasteiger partial charge on any atom is -0.396 e. The molecule has 0 aliphatic heterocycles. The van der Waals surface area contributed by atoms with Crippen LogP contribution < -0.4 is 0 Å². The lowest BCUT2D eigenvalue weighted by molar-refractivity contribution is 0.122. The molecule has 1 atom stereocenters. The number of aliphatic hydroxyl groups is 2. The molecule has 0 rings (SSSR count). The molecule has 2 heteroatoms. The number of hydrogen-bond donors (Lipinski definition) is 2. The second kappa shape index (κ2) is 14.3. The third-order valence-corrected chi connectivity index (χ3v) is 3.78. The summed E-state index contributed by atoms with van der Waals surface area (Å²) in [5, 5.41) is 18.1. The third-order valence-electron chi connectivity index (χ3n) is 3.78. The normalized spacial score (nSPS) is 13.1. The Balaban J connectivity index is 3.03. The van der Waals surface area contributed by atoms with Crippen LogP contribution in [-0.4, -0.2) is 22.9 Å². The molecule has 0 heterocycles. The predicted molar refractivity (Wildman–Crippen MR) is 83.3 cm³/mol. The first-order chi connectivity index (χ1) is 9.16. The summed E-state index contributed by atoms with van der Waals surface area (Å²) in [5.74, 6) is 0.862. The highest BCUT2D eigenvalue weighted by molar-refractivity contribution is 4.55. The molecule has 0 bridgehead atoms. The van der Waals surface area contributed by atoms with Crippen LogP contribution in [0.4, 0.5) is 0 Å².